The summed E-state index contributed by atoms with van der Waals surface area (Å²) in [5, 5.41) is -1.75. The van der Waals surface area contributed by atoms with E-state index in [1.54, 1.807) is 0 Å². The molecule has 1 aliphatic rings. The molecule has 0 aliphatic heterocycles. The highest BCUT2D eigenvalue weighted by Gasteiger charge is 2.81. The molecule has 1 aliphatic carbocycles. The second-order valence-electron chi connectivity index (χ2n) is 4.66. The number of alkyl halides is 6. The molecule has 0 saturated carbocycles. The molecule has 0 unspecified atom stereocenters. The van der Waals surface area contributed by atoms with E-state index in [1.807, 2.05) is 0 Å². The van der Waals surface area contributed by atoms with Gasteiger partial charge in [-0.05, 0) is 5.41 Å². The molecule has 16 heavy (non-hydrogen) atoms. The Labute approximate surface area is 93.3 Å². The van der Waals surface area contributed by atoms with Crippen molar-refractivity contribution in [3.05, 3.63) is 10.6 Å². The van der Waals surface area contributed by atoms with Gasteiger partial charge in [-0.3, -0.25) is 0 Å². The zero-order chi connectivity index (χ0) is 13.2. The van der Waals surface area contributed by atoms with Gasteiger partial charge in [-0.15, -0.1) is 0 Å². The minimum Gasteiger partial charge on any atom is -0.194 e. The Morgan fingerprint density at radius 3 is 1.38 bits per heavy atom. The van der Waals surface area contributed by atoms with Crippen LogP contribution in [0.3, 0.4) is 0 Å². The summed E-state index contributed by atoms with van der Waals surface area (Å²) in [5.74, 6) is -15.5. The molecule has 94 valence electrons. The molecule has 0 fully saturated rings. The van der Waals surface area contributed by atoms with Crippen molar-refractivity contribution < 1.29 is 26.3 Å². The first kappa shape index (κ1) is 13.7. The summed E-state index contributed by atoms with van der Waals surface area (Å²) in [6.07, 6.45) is 0. The fraction of sp³-hybridized carbons (Fsp3) is 0.778. The van der Waals surface area contributed by atoms with E-state index in [9.17, 15) is 26.3 Å². The first-order valence-electron chi connectivity index (χ1n) is 4.32. The molecule has 0 spiro atoms. The Morgan fingerprint density at radius 1 is 0.875 bits per heavy atom. The third-order valence-corrected chi connectivity index (χ3v) is 2.77. The van der Waals surface area contributed by atoms with Gasteiger partial charge in [0.2, 0.25) is 0 Å². The van der Waals surface area contributed by atoms with Crippen LogP contribution in [-0.4, -0.2) is 17.8 Å². The van der Waals surface area contributed by atoms with E-state index in [4.69, 9.17) is 11.6 Å². The maximum Gasteiger partial charge on any atom is 0.381 e. The molecule has 0 saturated heterocycles. The smallest absolute Gasteiger partial charge is 0.194 e. The number of hydrogen-bond acceptors (Lipinski definition) is 0. The molecule has 0 aromatic carbocycles. The summed E-state index contributed by atoms with van der Waals surface area (Å²) in [6.45, 7) is 3.36. The first-order valence-corrected chi connectivity index (χ1v) is 4.70. The Hall–Kier alpha value is -0.390. The second kappa shape index (κ2) is 3.09. The summed E-state index contributed by atoms with van der Waals surface area (Å²) >= 11 is 4.99. The molecule has 0 heterocycles. The predicted octanol–water partition coefficient (Wildman–Crippen LogP) is 4.44. The molecule has 0 atom stereocenters. The summed E-state index contributed by atoms with van der Waals surface area (Å²) in [5.41, 5.74) is -2.97. The molecule has 0 amide bonds. The molecule has 0 bridgehead atoms. The molecule has 0 aromatic heterocycles. The van der Waals surface area contributed by atoms with E-state index in [-0.39, 0.29) is 0 Å². The van der Waals surface area contributed by atoms with Crippen molar-refractivity contribution in [2.75, 3.05) is 0 Å². The van der Waals surface area contributed by atoms with Crippen LogP contribution in [0.15, 0.2) is 10.6 Å². The lowest BCUT2D eigenvalue weighted by molar-refractivity contribution is -0.265. The van der Waals surface area contributed by atoms with Gasteiger partial charge < -0.3 is 0 Å². The lowest BCUT2D eigenvalue weighted by Crippen LogP contribution is -2.49. The van der Waals surface area contributed by atoms with Crippen LogP contribution in [0.4, 0.5) is 26.3 Å². The Kier molecular flexibility index (Phi) is 2.64. The summed E-state index contributed by atoms with van der Waals surface area (Å²) in [6, 6.07) is 0. The lowest BCUT2D eigenvalue weighted by atomic mass is 9.84. The van der Waals surface area contributed by atoms with Crippen molar-refractivity contribution in [3.63, 3.8) is 0 Å². The van der Waals surface area contributed by atoms with Crippen LogP contribution in [0.25, 0.3) is 0 Å². The van der Waals surface area contributed by atoms with Crippen LogP contribution in [0, 0.1) is 5.41 Å². The highest BCUT2D eigenvalue weighted by Crippen LogP contribution is 2.63. The van der Waals surface area contributed by atoms with Gasteiger partial charge in [-0.25, -0.2) is 0 Å². The molecule has 0 N–H and O–H groups in total. The minimum atomic E-state index is -5.49. The molecule has 1 rings (SSSR count). The van der Waals surface area contributed by atoms with Gasteiger partial charge in [0.15, 0.2) is 0 Å². The van der Waals surface area contributed by atoms with E-state index in [0.717, 1.165) is 20.8 Å². The largest absolute Gasteiger partial charge is 0.381 e. The van der Waals surface area contributed by atoms with E-state index >= 15 is 0 Å². The zero-order valence-electron chi connectivity index (χ0n) is 8.65. The van der Waals surface area contributed by atoms with Crippen molar-refractivity contribution in [1.82, 2.24) is 0 Å². The zero-order valence-corrected chi connectivity index (χ0v) is 9.40. The van der Waals surface area contributed by atoms with E-state index in [0.29, 0.717) is 0 Å². The van der Waals surface area contributed by atoms with E-state index < -0.39 is 33.8 Å². The molecule has 0 nitrogen and oxygen atoms in total. The predicted molar refractivity (Wildman–Crippen MR) is 47.2 cm³/mol. The summed E-state index contributed by atoms with van der Waals surface area (Å²) in [4.78, 5) is 0. The first-order chi connectivity index (χ1) is 6.78. The number of hydrogen-bond donors (Lipinski definition) is 0. The lowest BCUT2D eigenvalue weighted by Gasteiger charge is -2.29. The van der Waals surface area contributed by atoms with Crippen molar-refractivity contribution in [1.29, 1.82) is 0 Å². The number of allylic oxidation sites excluding steroid dienone is 2. The number of rotatable bonds is 0. The van der Waals surface area contributed by atoms with Crippen molar-refractivity contribution >= 4 is 11.6 Å². The average Bonchev–Trinajstić information content (AvgIpc) is 2.06. The monoisotopic (exact) mass is 266 g/mol. The number of halogens is 7. The van der Waals surface area contributed by atoms with Gasteiger partial charge in [0.05, 0.1) is 5.03 Å². The van der Waals surface area contributed by atoms with Gasteiger partial charge in [0.1, 0.15) is 0 Å². The maximum atomic E-state index is 13.3. The van der Waals surface area contributed by atoms with Gasteiger partial charge in [0.25, 0.3) is 0 Å². The van der Waals surface area contributed by atoms with Gasteiger partial charge in [0, 0.05) is 5.57 Å². The minimum absolute atomic E-state index is 1.12. The quantitative estimate of drug-likeness (QED) is 0.569. The Morgan fingerprint density at radius 2 is 1.25 bits per heavy atom. The SMILES string of the molecule is CC(C)(C)C1=C(Cl)C(F)(F)C(F)(F)C1(F)F. The van der Waals surface area contributed by atoms with Gasteiger partial charge >= 0.3 is 17.8 Å². The van der Waals surface area contributed by atoms with Crippen LogP contribution in [0.2, 0.25) is 0 Å². The highest BCUT2D eigenvalue weighted by atomic mass is 35.5. The van der Waals surface area contributed by atoms with E-state index in [1.165, 1.54) is 0 Å². The molecule has 0 aromatic rings. The van der Waals surface area contributed by atoms with Crippen molar-refractivity contribution in [3.8, 4) is 0 Å². The van der Waals surface area contributed by atoms with Crippen LogP contribution < -0.4 is 0 Å². The topological polar surface area (TPSA) is 0 Å². The van der Waals surface area contributed by atoms with Crippen molar-refractivity contribution in [2.45, 2.75) is 38.5 Å². The third kappa shape index (κ3) is 1.38. The van der Waals surface area contributed by atoms with E-state index in [2.05, 4.69) is 0 Å². The van der Waals surface area contributed by atoms with Crippen LogP contribution in [0.5, 0.6) is 0 Å². The van der Waals surface area contributed by atoms with Crippen LogP contribution in [-0.2, 0) is 0 Å². The van der Waals surface area contributed by atoms with Gasteiger partial charge in [-0.2, -0.15) is 26.3 Å². The highest BCUT2D eigenvalue weighted by molar-refractivity contribution is 6.31. The second-order valence-corrected chi connectivity index (χ2v) is 5.04. The third-order valence-electron chi connectivity index (χ3n) is 2.35. The Balaban J connectivity index is 3.55. The average molecular weight is 267 g/mol. The molecular formula is C9H9ClF6. The fourth-order valence-electron chi connectivity index (χ4n) is 1.59. The summed E-state index contributed by atoms with van der Waals surface area (Å²) < 4.78 is 78.3. The normalized spacial score (nSPS) is 27.4. The molecule has 7 heteroatoms. The Bertz CT molecular complexity index is 350. The van der Waals surface area contributed by atoms with Gasteiger partial charge in [-0.1, -0.05) is 32.4 Å². The summed E-state index contributed by atoms with van der Waals surface area (Å²) in [7, 11) is 0. The molecular weight excluding hydrogens is 258 g/mol. The maximum absolute atomic E-state index is 13.3. The van der Waals surface area contributed by atoms with Crippen LogP contribution in [0.1, 0.15) is 20.8 Å². The molecule has 0 radical (unpaired) electrons. The fourth-order valence-corrected chi connectivity index (χ4v) is 2.11. The van der Waals surface area contributed by atoms with Crippen LogP contribution >= 0.6 is 11.6 Å². The standard InChI is InChI=1S/C9H9ClF6/c1-6(2,3)4-5(10)8(13,14)9(15,16)7(4,11)12/h1-3H3. The van der Waals surface area contributed by atoms with Crippen molar-refractivity contribution in [2.24, 2.45) is 5.41 Å².